The maximum Gasteiger partial charge on any atom is 0.264 e. The van der Waals surface area contributed by atoms with Crippen molar-refractivity contribution in [1.82, 2.24) is 0 Å². The van der Waals surface area contributed by atoms with E-state index >= 15 is 0 Å². The van der Waals surface area contributed by atoms with Crippen molar-refractivity contribution >= 4 is 40.5 Å². The highest BCUT2D eigenvalue weighted by molar-refractivity contribution is 6.31. The lowest BCUT2D eigenvalue weighted by Gasteiger charge is -2.14. The fourth-order valence-electron chi connectivity index (χ4n) is 1.92. The third-order valence-corrected chi connectivity index (χ3v) is 3.16. The number of carbonyl (C=O) groups excluding carboxylic acids is 2. The largest absolute Gasteiger partial charge is 0.867 e. The molecule has 9 heteroatoms. The van der Waals surface area contributed by atoms with Gasteiger partial charge in [0.1, 0.15) is 0 Å². The average molecular weight is 349 g/mol. The molecule has 24 heavy (non-hydrogen) atoms. The van der Waals surface area contributed by atoms with Crippen molar-refractivity contribution in [1.29, 1.82) is 0 Å². The molecule has 0 saturated carbocycles. The molecule has 124 valence electrons. The van der Waals surface area contributed by atoms with Crippen LogP contribution in [-0.2, 0) is 4.79 Å². The molecule has 2 amide bonds. The molecule has 0 aliphatic heterocycles. The highest BCUT2D eigenvalue weighted by Crippen LogP contribution is 2.31. The summed E-state index contributed by atoms with van der Waals surface area (Å²) in [5, 5.41) is 27.7. The summed E-state index contributed by atoms with van der Waals surface area (Å²) in [6.07, 6.45) is 0. The number of nitrogens with zero attached hydrogens (tertiary/aromatic N) is 1. The van der Waals surface area contributed by atoms with E-state index in [2.05, 4.69) is 10.6 Å². The van der Waals surface area contributed by atoms with Gasteiger partial charge in [-0.2, -0.15) is 0 Å². The lowest BCUT2D eigenvalue weighted by molar-refractivity contribution is -0.398. The first-order chi connectivity index (χ1) is 11.3. The van der Waals surface area contributed by atoms with Crippen molar-refractivity contribution in [2.75, 3.05) is 10.6 Å². The first-order valence-electron chi connectivity index (χ1n) is 6.62. The fourth-order valence-corrected chi connectivity index (χ4v) is 2.13. The molecular formula is C15H11ClN3O5-. The smallest absolute Gasteiger partial charge is 0.264 e. The minimum Gasteiger partial charge on any atom is -0.867 e. The van der Waals surface area contributed by atoms with E-state index in [-0.39, 0.29) is 10.9 Å². The Morgan fingerprint density at radius 3 is 2.12 bits per heavy atom. The van der Waals surface area contributed by atoms with Crippen LogP contribution in [0.2, 0.25) is 5.02 Å². The summed E-state index contributed by atoms with van der Waals surface area (Å²) in [6.45, 7) is 1.36. The minimum absolute atomic E-state index is 0.0903. The number of rotatable bonds is 4. The zero-order valence-electron chi connectivity index (χ0n) is 12.3. The topological polar surface area (TPSA) is 124 Å². The van der Waals surface area contributed by atoms with Crippen molar-refractivity contribution in [3.63, 3.8) is 0 Å². The molecule has 2 N–H and O–H groups in total. The number of nitro benzene ring substituents is 1. The molecule has 0 saturated heterocycles. The molecule has 2 aromatic carbocycles. The number of halogens is 1. The maximum atomic E-state index is 12.2. The number of hydrogen-bond acceptors (Lipinski definition) is 5. The van der Waals surface area contributed by atoms with E-state index in [4.69, 9.17) is 11.6 Å². The predicted octanol–water partition coefficient (Wildman–Crippen LogP) is 2.53. The summed E-state index contributed by atoms with van der Waals surface area (Å²) in [5.41, 5.74) is -0.326. The summed E-state index contributed by atoms with van der Waals surface area (Å²) in [4.78, 5) is 33.0. The Hall–Kier alpha value is -3.13. The molecule has 0 aliphatic carbocycles. The van der Waals surface area contributed by atoms with Gasteiger partial charge in [-0.1, -0.05) is 11.6 Å². The monoisotopic (exact) mass is 348 g/mol. The van der Waals surface area contributed by atoms with E-state index < -0.39 is 27.8 Å². The molecule has 0 aromatic heterocycles. The molecule has 0 atom stereocenters. The van der Waals surface area contributed by atoms with Gasteiger partial charge < -0.3 is 15.7 Å². The zero-order valence-corrected chi connectivity index (χ0v) is 13.1. The van der Waals surface area contributed by atoms with Crippen LogP contribution in [0, 0.1) is 10.1 Å². The Labute approximate surface area is 141 Å². The summed E-state index contributed by atoms with van der Waals surface area (Å²) in [7, 11) is 0. The van der Waals surface area contributed by atoms with Gasteiger partial charge in [0.15, 0.2) is 0 Å². The number of carbonyl (C=O) groups is 2. The van der Waals surface area contributed by atoms with Crippen LogP contribution in [0.3, 0.4) is 0 Å². The Kier molecular flexibility index (Phi) is 5.00. The van der Waals surface area contributed by atoms with Gasteiger partial charge in [0.05, 0.1) is 4.92 Å². The van der Waals surface area contributed by atoms with Crippen LogP contribution in [0.4, 0.5) is 17.1 Å². The first kappa shape index (κ1) is 17.2. The Balaban J connectivity index is 2.24. The highest BCUT2D eigenvalue weighted by atomic mass is 35.5. The highest BCUT2D eigenvalue weighted by Gasteiger charge is 2.17. The van der Waals surface area contributed by atoms with Crippen molar-refractivity contribution in [2.45, 2.75) is 6.92 Å². The molecule has 8 nitrogen and oxygen atoms in total. The molecule has 2 rings (SSSR count). The summed E-state index contributed by atoms with van der Waals surface area (Å²) < 4.78 is 0. The Morgan fingerprint density at radius 2 is 1.62 bits per heavy atom. The van der Waals surface area contributed by atoms with E-state index in [1.165, 1.54) is 19.1 Å². The average Bonchev–Trinajstić information content (AvgIpc) is 2.50. The van der Waals surface area contributed by atoms with E-state index in [0.717, 1.165) is 12.1 Å². The zero-order chi connectivity index (χ0) is 17.9. The molecule has 0 spiro atoms. The van der Waals surface area contributed by atoms with Gasteiger partial charge in [-0.05, 0) is 36.1 Å². The van der Waals surface area contributed by atoms with E-state index in [1.807, 2.05) is 0 Å². The second kappa shape index (κ2) is 6.97. The molecule has 0 bridgehead atoms. The van der Waals surface area contributed by atoms with Crippen LogP contribution in [0.5, 0.6) is 5.75 Å². The molecule has 0 unspecified atom stereocenters. The van der Waals surface area contributed by atoms with Gasteiger partial charge in [0, 0.05) is 35.0 Å². The van der Waals surface area contributed by atoms with Crippen LogP contribution < -0.4 is 15.7 Å². The standard InChI is InChI=1S/C15H12ClN3O5/c1-8(20)17-10-2-4-11(5-3-10)18-15(22)12-6-9(16)7-13(14(12)21)19(23)24/h2-7,21H,1H3,(H,17,20)(H,18,22)/p-1. The van der Waals surface area contributed by atoms with Gasteiger partial charge in [0.2, 0.25) is 5.91 Å². The number of amides is 2. The molecule has 0 fully saturated rings. The Morgan fingerprint density at radius 1 is 1.08 bits per heavy atom. The summed E-state index contributed by atoms with van der Waals surface area (Å²) in [6, 6.07) is 8.07. The second-order valence-corrected chi connectivity index (χ2v) is 5.21. The summed E-state index contributed by atoms with van der Waals surface area (Å²) in [5.74, 6) is -2.08. The molecular weight excluding hydrogens is 338 g/mol. The molecule has 2 aromatic rings. The lowest BCUT2D eigenvalue weighted by Crippen LogP contribution is -2.15. The van der Waals surface area contributed by atoms with Gasteiger partial charge in [-0.3, -0.25) is 19.7 Å². The van der Waals surface area contributed by atoms with Crippen LogP contribution in [-0.4, -0.2) is 16.7 Å². The molecule has 0 heterocycles. The quantitative estimate of drug-likeness (QED) is 0.648. The molecule has 0 aliphatic rings. The summed E-state index contributed by atoms with van der Waals surface area (Å²) >= 11 is 5.72. The number of anilines is 2. The van der Waals surface area contributed by atoms with Crippen LogP contribution in [0.15, 0.2) is 36.4 Å². The van der Waals surface area contributed by atoms with Crippen molar-refractivity contribution < 1.29 is 19.6 Å². The number of benzene rings is 2. The van der Waals surface area contributed by atoms with Crippen molar-refractivity contribution in [3.05, 3.63) is 57.1 Å². The van der Waals surface area contributed by atoms with Crippen molar-refractivity contribution in [2.24, 2.45) is 0 Å². The van der Waals surface area contributed by atoms with Gasteiger partial charge >= 0.3 is 0 Å². The van der Waals surface area contributed by atoms with Crippen LogP contribution in [0.1, 0.15) is 17.3 Å². The number of nitrogens with one attached hydrogen (secondary N) is 2. The molecule has 0 radical (unpaired) electrons. The van der Waals surface area contributed by atoms with E-state index in [0.29, 0.717) is 11.4 Å². The van der Waals surface area contributed by atoms with E-state index in [1.54, 1.807) is 12.1 Å². The van der Waals surface area contributed by atoms with E-state index in [9.17, 15) is 24.8 Å². The Bertz CT molecular complexity index is 821. The third-order valence-electron chi connectivity index (χ3n) is 2.94. The maximum absolute atomic E-state index is 12.2. The minimum atomic E-state index is -1.02. The number of nitro groups is 1. The van der Waals surface area contributed by atoms with Gasteiger partial charge in [-0.25, -0.2) is 0 Å². The second-order valence-electron chi connectivity index (χ2n) is 4.77. The normalized spacial score (nSPS) is 10.1. The predicted molar refractivity (Wildman–Crippen MR) is 86.3 cm³/mol. The SMILES string of the molecule is CC(=O)Nc1ccc(NC(=O)c2cc(Cl)cc([N+](=O)[O-])c2[O-])cc1. The third kappa shape index (κ3) is 3.99. The van der Waals surface area contributed by atoms with Gasteiger partial charge in [-0.15, -0.1) is 0 Å². The van der Waals surface area contributed by atoms with Crippen molar-refractivity contribution in [3.8, 4) is 5.75 Å². The van der Waals surface area contributed by atoms with Crippen LogP contribution >= 0.6 is 11.6 Å². The van der Waals surface area contributed by atoms with Crippen LogP contribution in [0.25, 0.3) is 0 Å². The number of hydrogen-bond donors (Lipinski definition) is 2. The first-order valence-corrected chi connectivity index (χ1v) is 6.99. The van der Waals surface area contributed by atoms with Gasteiger partial charge in [0.25, 0.3) is 11.6 Å². The lowest BCUT2D eigenvalue weighted by atomic mass is 10.1. The fraction of sp³-hybridized carbons (Fsp3) is 0.0667.